The maximum Gasteiger partial charge on any atom is 0.147 e. The molecule has 0 saturated heterocycles. The summed E-state index contributed by atoms with van der Waals surface area (Å²) in [6.45, 7) is 4.37. The third-order valence-electron chi connectivity index (χ3n) is 2.66. The first-order valence-electron chi connectivity index (χ1n) is 5.41. The zero-order valence-electron chi connectivity index (χ0n) is 9.71. The molecule has 1 aromatic rings. The van der Waals surface area contributed by atoms with Crippen LogP contribution in [0, 0.1) is 5.92 Å². The molecule has 1 aromatic carbocycles. The van der Waals surface area contributed by atoms with Crippen LogP contribution in [0.3, 0.4) is 0 Å². The van der Waals surface area contributed by atoms with Crippen LogP contribution in [0.2, 0.25) is 0 Å². The molecule has 17 heavy (non-hydrogen) atoms. The summed E-state index contributed by atoms with van der Waals surface area (Å²) in [6.07, 6.45) is 0.496. The molecular weight excluding hydrogens is 416 g/mol. The lowest BCUT2D eigenvalue weighted by Crippen LogP contribution is -2.25. The van der Waals surface area contributed by atoms with Crippen molar-refractivity contribution in [2.45, 2.75) is 26.4 Å². The maximum absolute atomic E-state index is 9.85. The van der Waals surface area contributed by atoms with Crippen LogP contribution in [0.4, 0.5) is 0 Å². The standard InChI is InChI=1S/C12H15Br3O2/c1-3-7(2)11(16)6-17-12-9(14)4-8(13)5-10(12)15/h4-5,7,11,16H,3,6H2,1-2H3. The number of hydrogen-bond donors (Lipinski definition) is 1. The van der Waals surface area contributed by atoms with Gasteiger partial charge in [-0.25, -0.2) is 0 Å². The molecule has 0 aromatic heterocycles. The highest BCUT2D eigenvalue weighted by molar-refractivity contribution is 9.11. The van der Waals surface area contributed by atoms with Gasteiger partial charge in [-0.05, 0) is 49.9 Å². The van der Waals surface area contributed by atoms with Gasteiger partial charge in [-0.1, -0.05) is 36.2 Å². The first kappa shape index (κ1) is 15.5. The fraction of sp³-hybridized carbons (Fsp3) is 0.500. The lowest BCUT2D eigenvalue weighted by molar-refractivity contribution is 0.0616. The quantitative estimate of drug-likeness (QED) is 0.729. The Morgan fingerprint density at radius 3 is 2.24 bits per heavy atom. The molecule has 0 bridgehead atoms. The number of ether oxygens (including phenoxy) is 1. The van der Waals surface area contributed by atoms with Crippen LogP contribution in [0.25, 0.3) is 0 Å². The topological polar surface area (TPSA) is 29.5 Å². The molecular formula is C12H15Br3O2. The van der Waals surface area contributed by atoms with Gasteiger partial charge in [-0.2, -0.15) is 0 Å². The van der Waals surface area contributed by atoms with E-state index in [0.29, 0.717) is 6.61 Å². The summed E-state index contributed by atoms with van der Waals surface area (Å²) >= 11 is 10.3. The van der Waals surface area contributed by atoms with Crippen LogP contribution in [0.1, 0.15) is 20.3 Å². The van der Waals surface area contributed by atoms with Crippen LogP contribution >= 0.6 is 47.8 Å². The summed E-state index contributed by atoms with van der Waals surface area (Å²) in [5.74, 6) is 0.957. The van der Waals surface area contributed by atoms with Crippen molar-refractivity contribution in [3.8, 4) is 5.75 Å². The average Bonchev–Trinajstić information content (AvgIpc) is 2.26. The molecule has 1 rings (SSSR count). The summed E-state index contributed by atoms with van der Waals surface area (Å²) in [5, 5.41) is 9.85. The minimum atomic E-state index is -0.442. The Kier molecular flexibility index (Phi) is 6.48. The van der Waals surface area contributed by atoms with E-state index in [2.05, 4.69) is 54.7 Å². The lowest BCUT2D eigenvalue weighted by Gasteiger charge is -2.19. The zero-order valence-corrected chi connectivity index (χ0v) is 14.5. The third kappa shape index (κ3) is 4.54. The SMILES string of the molecule is CCC(C)C(O)COc1c(Br)cc(Br)cc1Br. The third-order valence-corrected chi connectivity index (χ3v) is 4.30. The van der Waals surface area contributed by atoms with E-state index in [1.54, 1.807) is 0 Å². The van der Waals surface area contributed by atoms with Gasteiger partial charge in [-0.15, -0.1) is 0 Å². The Bertz CT molecular complexity index is 359. The van der Waals surface area contributed by atoms with Gasteiger partial charge in [0, 0.05) is 4.47 Å². The van der Waals surface area contributed by atoms with E-state index in [4.69, 9.17) is 4.74 Å². The molecule has 0 amide bonds. The fourth-order valence-corrected chi connectivity index (χ4v) is 3.76. The maximum atomic E-state index is 9.85. The van der Waals surface area contributed by atoms with Crippen LogP contribution in [-0.2, 0) is 0 Å². The van der Waals surface area contributed by atoms with E-state index in [0.717, 1.165) is 25.6 Å². The van der Waals surface area contributed by atoms with Crippen LogP contribution in [-0.4, -0.2) is 17.8 Å². The van der Waals surface area contributed by atoms with E-state index in [1.807, 2.05) is 19.1 Å². The molecule has 0 aliphatic heterocycles. The highest BCUT2D eigenvalue weighted by atomic mass is 79.9. The molecule has 5 heteroatoms. The van der Waals surface area contributed by atoms with Crippen molar-refractivity contribution in [2.24, 2.45) is 5.92 Å². The van der Waals surface area contributed by atoms with Crippen molar-refractivity contribution in [3.63, 3.8) is 0 Å². The predicted molar refractivity (Wildman–Crippen MR) is 80.5 cm³/mol. The first-order chi connectivity index (χ1) is 7.95. The number of halogens is 3. The van der Waals surface area contributed by atoms with Gasteiger partial charge < -0.3 is 9.84 Å². The zero-order chi connectivity index (χ0) is 13.0. The monoisotopic (exact) mass is 428 g/mol. The van der Waals surface area contributed by atoms with Gasteiger partial charge in [0.25, 0.3) is 0 Å². The van der Waals surface area contributed by atoms with E-state index >= 15 is 0 Å². The molecule has 0 aliphatic carbocycles. The summed E-state index contributed by atoms with van der Waals surface area (Å²) in [4.78, 5) is 0. The molecule has 0 radical (unpaired) electrons. The van der Waals surface area contributed by atoms with Gasteiger partial charge in [0.05, 0.1) is 15.0 Å². The molecule has 2 nitrogen and oxygen atoms in total. The number of rotatable bonds is 5. The number of hydrogen-bond acceptors (Lipinski definition) is 2. The van der Waals surface area contributed by atoms with Crippen molar-refractivity contribution in [3.05, 3.63) is 25.6 Å². The van der Waals surface area contributed by atoms with Crippen molar-refractivity contribution < 1.29 is 9.84 Å². The highest BCUT2D eigenvalue weighted by Crippen LogP contribution is 2.36. The fourth-order valence-electron chi connectivity index (χ4n) is 1.27. The van der Waals surface area contributed by atoms with Crippen molar-refractivity contribution >= 4 is 47.8 Å². The minimum Gasteiger partial charge on any atom is -0.489 e. The van der Waals surface area contributed by atoms with Crippen molar-refractivity contribution in [1.82, 2.24) is 0 Å². The summed E-state index contributed by atoms with van der Waals surface area (Å²) in [6, 6.07) is 3.82. The molecule has 96 valence electrons. The van der Waals surface area contributed by atoms with Crippen LogP contribution in [0.5, 0.6) is 5.75 Å². The van der Waals surface area contributed by atoms with Crippen LogP contribution < -0.4 is 4.74 Å². The molecule has 0 saturated carbocycles. The lowest BCUT2D eigenvalue weighted by atomic mass is 10.0. The Morgan fingerprint density at radius 2 is 1.76 bits per heavy atom. The molecule has 1 N–H and O–H groups in total. The number of aliphatic hydroxyl groups is 1. The van der Waals surface area contributed by atoms with Gasteiger partial charge in [0.15, 0.2) is 0 Å². The van der Waals surface area contributed by atoms with E-state index in [9.17, 15) is 5.11 Å². The van der Waals surface area contributed by atoms with Crippen molar-refractivity contribution in [1.29, 1.82) is 0 Å². The van der Waals surface area contributed by atoms with Gasteiger partial charge in [0.2, 0.25) is 0 Å². The van der Waals surface area contributed by atoms with Crippen molar-refractivity contribution in [2.75, 3.05) is 6.61 Å². The number of benzene rings is 1. The second-order valence-electron chi connectivity index (χ2n) is 3.96. The number of aliphatic hydroxyl groups excluding tert-OH is 1. The molecule has 0 aliphatic rings. The molecule has 2 atom stereocenters. The Labute approximate surface area is 127 Å². The Morgan fingerprint density at radius 1 is 1.24 bits per heavy atom. The summed E-state index contributed by atoms with van der Waals surface area (Å²) in [5.41, 5.74) is 0. The van der Waals surface area contributed by atoms with E-state index in [1.165, 1.54) is 0 Å². The largest absolute Gasteiger partial charge is 0.489 e. The normalized spacial score (nSPS) is 14.5. The predicted octanol–water partition coefficient (Wildman–Crippen LogP) is 4.76. The van der Waals surface area contributed by atoms with Gasteiger partial charge in [-0.3, -0.25) is 0 Å². The average molecular weight is 431 g/mol. The molecule has 0 spiro atoms. The highest BCUT2D eigenvalue weighted by Gasteiger charge is 2.15. The molecule has 0 fully saturated rings. The second kappa shape index (κ2) is 7.12. The second-order valence-corrected chi connectivity index (χ2v) is 6.59. The Hall–Kier alpha value is 0.420. The van der Waals surface area contributed by atoms with Crippen LogP contribution in [0.15, 0.2) is 25.6 Å². The van der Waals surface area contributed by atoms with Gasteiger partial charge >= 0.3 is 0 Å². The minimum absolute atomic E-state index is 0.239. The smallest absolute Gasteiger partial charge is 0.147 e. The van der Waals surface area contributed by atoms with E-state index < -0.39 is 6.10 Å². The van der Waals surface area contributed by atoms with E-state index in [-0.39, 0.29) is 5.92 Å². The Balaban J connectivity index is 2.70. The first-order valence-corrected chi connectivity index (χ1v) is 7.79. The summed E-state index contributed by atoms with van der Waals surface area (Å²) < 4.78 is 8.32. The summed E-state index contributed by atoms with van der Waals surface area (Å²) in [7, 11) is 0. The molecule has 0 heterocycles. The molecule has 2 unspecified atom stereocenters. The van der Waals surface area contributed by atoms with Gasteiger partial charge in [0.1, 0.15) is 12.4 Å².